The first kappa shape index (κ1) is 22.2. The molecule has 34 heavy (non-hydrogen) atoms. The molecule has 0 saturated heterocycles. The van der Waals surface area contributed by atoms with E-state index in [2.05, 4.69) is 59.9 Å². The Labute approximate surface area is 200 Å². The van der Waals surface area contributed by atoms with Crippen molar-refractivity contribution in [1.29, 1.82) is 0 Å². The van der Waals surface area contributed by atoms with Gasteiger partial charge in [0.25, 0.3) is 0 Å². The Hall–Kier alpha value is -3.63. The smallest absolute Gasteiger partial charge is 0.335 e. The fourth-order valence-electron chi connectivity index (χ4n) is 5.02. The quantitative estimate of drug-likeness (QED) is 0.340. The number of nitrogens with one attached hydrogen (secondary N) is 1. The van der Waals surface area contributed by atoms with Crippen LogP contribution < -0.4 is 10.1 Å². The van der Waals surface area contributed by atoms with Crippen LogP contribution in [0.1, 0.15) is 45.0 Å². The van der Waals surface area contributed by atoms with Crippen LogP contribution in [0.4, 0.5) is 0 Å². The lowest BCUT2D eigenvalue weighted by atomic mass is 9.83. The normalized spacial score (nSPS) is 17.2. The molecule has 0 radical (unpaired) electrons. The first-order chi connectivity index (χ1) is 16.6. The monoisotopic (exact) mass is 451 g/mol. The first-order valence-electron chi connectivity index (χ1n) is 11.9. The van der Waals surface area contributed by atoms with Crippen molar-refractivity contribution < 1.29 is 14.6 Å². The van der Waals surface area contributed by atoms with Gasteiger partial charge in [0.2, 0.25) is 0 Å². The third kappa shape index (κ3) is 4.55. The number of aromatic carboxylic acids is 1. The molecule has 1 aliphatic rings. The van der Waals surface area contributed by atoms with E-state index in [1.165, 1.54) is 16.3 Å². The van der Waals surface area contributed by atoms with Crippen LogP contribution in [0.2, 0.25) is 0 Å². The summed E-state index contributed by atoms with van der Waals surface area (Å²) in [5, 5.41) is 15.8. The number of hydrogen-bond donors (Lipinski definition) is 2. The topological polar surface area (TPSA) is 58.6 Å². The number of carbonyl (C=O) groups is 1. The SMILES string of the molecule is Cc1ccc([C@@H]2C[C@H](CNCCc3cccc4ccccc34)Oc3ccccc32)cc1C(=O)O. The van der Waals surface area contributed by atoms with Gasteiger partial charge in [0.05, 0.1) is 5.56 Å². The lowest BCUT2D eigenvalue weighted by Gasteiger charge is -2.33. The Kier molecular flexibility index (Phi) is 6.33. The molecule has 0 saturated carbocycles. The molecule has 0 spiro atoms. The Morgan fingerprint density at radius 1 is 1.00 bits per heavy atom. The van der Waals surface area contributed by atoms with Crippen molar-refractivity contribution in [3.05, 3.63) is 113 Å². The van der Waals surface area contributed by atoms with Gasteiger partial charge in [-0.3, -0.25) is 0 Å². The molecule has 4 nitrogen and oxygen atoms in total. The summed E-state index contributed by atoms with van der Waals surface area (Å²) in [6, 6.07) is 28.9. The minimum absolute atomic E-state index is 0.0157. The van der Waals surface area contributed by atoms with Crippen molar-refractivity contribution in [2.75, 3.05) is 13.1 Å². The average molecular weight is 452 g/mol. The number of carboxylic acid groups (broad SMARTS) is 1. The van der Waals surface area contributed by atoms with Gasteiger partial charge in [-0.2, -0.15) is 0 Å². The van der Waals surface area contributed by atoms with Crippen LogP contribution in [0.15, 0.2) is 84.9 Å². The Morgan fingerprint density at radius 3 is 2.68 bits per heavy atom. The molecular formula is C30H29NO3. The lowest BCUT2D eigenvalue weighted by Crippen LogP contribution is -2.36. The molecule has 1 aliphatic heterocycles. The molecule has 4 aromatic carbocycles. The zero-order valence-electron chi connectivity index (χ0n) is 19.3. The molecular weight excluding hydrogens is 422 g/mol. The maximum Gasteiger partial charge on any atom is 0.335 e. The zero-order valence-corrected chi connectivity index (χ0v) is 19.3. The number of fused-ring (bicyclic) bond motifs is 2. The molecule has 4 aromatic rings. The lowest BCUT2D eigenvalue weighted by molar-refractivity contribution is 0.0696. The number of carboxylic acids is 1. The molecule has 2 atom stereocenters. The van der Waals surface area contributed by atoms with Crippen LogP contribution in [0.25, 0.3) is 10.8 Å². The van der Waals surface area contributed by atoms with Crippen molar-refractivity contribution in [3.8, 4) is 5.75 Å². The van der Waals surface area contributed by atoms with Crippen molar-refractivity contribution in [3.63, 3.8) is 0 Å². The minimum Gasteiger partial charge on any atom is -0.489 e. The van der Waals surface area contributed by atoms with Gasteiger partial charge in [-0.05, 0) is 65.9 Å². The number of aryl methyl sites for hydroxylation is 1. The molecule has 0 aliphatic carbocycles. The van der Waals surface area contributed by atoms with Crippen molar-refractivity contribution in [2.24, 2.45) is 0 Å². The summed E-state index contributed by atoms with van der Waals surface area (Å²) in [7, 11) is 0. The van der Waals surface area contributed by atoms with E-state index in [9.17, 15) is 9.90 Å². The zero-order chi connectivity index (χ0) is 23.5. The second-order valence-electron chi connectivity index (χ2n) is 9.04. The van der Waals surface area contributed by atoms with Gasteiger partial charge in [-0.25, -0.2) is 4.79 Å². The summed E-state index contributed by atoms with van der Waals surface area (Å²) < 4.78 is 6.33. The number of ether oxygens (including phenoxy) is 1. The van der Waals surface area contributed by atoms with Gasteiger partial charge in [0.15, 0.2) is 0 Å². The maximum atomic E-state index is 11.7. The first-order valence-corrected chi connectivity index (χ1v) is 11.9. The van der Waals surface area contributed by atoms with E-state index < -0.39 is 5.97 Å². The average Bonchev–Trinajstić information content (AvgIpc) is 2.86. The Bertz CT molecular complexity index is 1320. The van der Waals surface area contributed by atoms with Gasteiger partial charge in [0, 0.05) is 18.0 Å². The molecule has 0 amide bonds. The highest BCUT2D eigenvalue weighted by Gasteiger charge is 2.29. The molecule has 5 rings (SSSR count). The molecule has 2 N–H and O–H groups in total. The van der Waals surface area contributed by atoms with Crippen molar-refractivity contribution >= 4 is 16.7 Å². The fourth-order valence-corrected chi connectivity index (χ4v) is 5.02. The third-order valence-electron chi connectivity index (χ3n) is 6.80. The second-order valence-corrected chi connectivity index (χ2v) is 9.04. The van der Waals surface area contributed by atoms with Crippen LogP contribution in [0.5, 0.6) is 5.75 Å². The molecule has 0 unspecified atom stereocenters. The largest absolute Gasteiger partial charge is 0.489 e. The van der Waals surface area contributed by atoms with Crippen molar-refractivity contribution in [1.82, 2.24) is 5.32 Å². The van der Waals surface area contributed by atoms with Crippen LogP contribution >= 0.6 is 0 Å². The summed E-state index contributed by atoms with van der Waals surface area (Å²) >= 11 is 0. The van der Waals surface area contributed by atoms with Crippen LogP contribution in [0, 0.1) is 6.92 Å². The van der Waals surface area contributed by atoms with E-state index in [0.717, 1.165) is 48.4 Å². The fraction of sp³-hybridized carbons (Fsp3) is 0.233. The highest BCUT2D eigenvalue weighted by molar-refractivity contribution is 5.89. The Balaban J connectivity index is 1.29. The van der Waals surface area contributed by atoms with Crippen LogP contribution in [-0.4, -0.2) is 30.3 Å². The van der Waals surface area contributed by atoms with E-state index in [4.69, 9.17) is 4.74 Å². The summed E-state index contributed by atoms with van der Waals surface area (Å²) in [6.45, 7) is 3.45. The number of rotatable bonds is 7. The highest BCUT2D eigenvalue weighted by atomic mass is 16.5. The summed E-state index contributed by atoms with van der Waals surface area (Å²) in [5.41, 5.74) is 4.64. The van der Waals surface area contributed by atoms with Gasteiger partial charge < -0.3 is 15.2 Å². The van der Waals surface area contributed by atoms with Gasteiger partial charge >= 0.3 is 5.97 Å². The van der Waals surface area contributed by atoms with E-state index >= 15 is 0 Å². The number of hydrogen-bond acceptors (Lipinski definition) is 3. The molecule has 0 fully saturated rings. The molecule has 0 bridgehead atoms. The van der Waals surface area contributed by atoms with E-state index in [1.54, 1.807) is 0 Å². The number of para-hydroxylation sites is 1. The third-order valence-corrected chi connectivity index (χ3v) is 6.80. The van der Waals surface area contributed by atoms with E-state index in [0.29, 0.717) is 5.56 Å². The maximum absolute atomic E-state index is 11.7. The molecule has 0 aromatic heterocycles. The minimum atomic E-state index is -0.883. The molecule has 1 heterocycles. The summed E-state index contributed by atoms with van der Waals surface area (Å²) in [5.74, 6) is 0.108. The number of benzene rings is 4. The van der Waals surface area contributed by atoms with Crippen LogP contribution in [-0.2, 0) is 6.42 Å². The van der Waals surface area contributed by atoms with E-state index in [-0.39, 0.29) is 12.0 Å². The molecule has 4 heteroatoms. The van der Waals surface area contributed by atoms with Gasteiger partial charge in [-0.15, -0.1) is 0 Å². The van der Waals surface area contributed by atoms with Crippen LogP contribution in [0.3, 0.4) is 0 Å². The predicted octanol–water partition coefficient (Wildman–Crippen LogP) is 5.96. The molecule has 172 valence electrons. The van der Waals surface area contributed by atoms with Crippen molar-refractivity contribution in [2.45, 2.75) is 31.8 Å². The summed E-state index contributed by atoms with van der Waals surface area (Å²) in [6.07, 6.45) is 1.77. The highest BCUT2D eigenvalue weighted by Crippen LogP contribution is 2.40. The van der Waals surface area contributed by atoms with Gasteiger partial charge in [0.1, 0.15) is 11.9 Å². The Morgan fingerprint density at radius 2 is 1.79 bits per heavy atom. The predicted molar refractivity (Wildman–Crippen MR) is 136 cm³/mol. The van der Waals surface area contributed by atoms with Gasteiger partial charge in [-0.1, -0.05) is 72.8 Å². The standard InChI is InChI=1S/C30H29NO3/c1-20-13-14-23(17-27(20)30(32)33)28-18-24(34-29-12-5-4-11-26(28)29)19-31-16-15-22-9-6-8-21-7-2-3-10-25(21)22/h2-14,17,24,28,31H,15-16,18-19H2,1H3,(H,32,33)/t24-,28+/m1/s1. The second kappa shape index (κ2) is 9.70. The summed E-state index contributed by atoms with van der Waals surface area (Å²) in [4.78, 5) is 11.7. The van der Waals surface area contributed by atoms with E-state index in [1.807, 2.05) is 37.3 Å².